The van der Waals surface area contributed by atoms with Crippen molar-refractivity contribution in [1.82, 2.24) is 0 Å². The van der Waals surface area contributed by atoms with Gasteiger partial charge in [0, 0.05) is 19.6 Å². The fourth-order valence-electron chi connectivity index (χ4n) is 4.26. The first kappa shape index (κ1) is 34.8. The quantitative estimate of drug-likeness (QED) is 0.314. The van der Waals surface area contributed by atoms with E-state index in [4.69, 9.17) is 18.9 Å². The second kappa shape index (κ2) is 19.7. The molecule has 0 unspecified atom stereocenters. The zero-order valence-electron chi connectivity index (χ0n) is 23.9. The lowest BCUT2D eigenvalue weighted by Crippen LogP contribution is -2.59. The summed E-state index contributed by atoms with van der Waals surface area (Å²) >= 11 is 0. The van der Waals surface area contributed by atoms with E-state index >= 15 is 0 Å². The molecule has 0 aromatic rings. The number of aliphatic hydroxyl groups excluding tert-OH is 5. The molecule has 9 atom stereocenters. The van der Waals surface area contributed by atoms with Crippen LogP contribution in [0.5, 0.6) is 0 Å². The third-order valence-corrected chi connectivity index (χ3v) is 6.67. The molecule has 0 aromatic carbocycles. The van der Waals surface area contributed by atoms with Gasteiger partial charge in [-0.3, -0.25) is 0 Å². The number of methoxy groups -OCH3 is 1. The van der Waals surface area contributed by atoms with Crippen molar-refractivity contribution in [2.45, 2.75) is 101 Å². The summed E-state index contributed by atoms with van der Waals surface area (Å²) in [5, 5.41) is 50.4. The molecule has 5 N–H and O–H groups in total. The lowest BCUT2D eigenvalue weighted by atomic mass is 9.99. The molecule has 0 spiro atoms. The van der Waals surface area contributed by atoms with Crippen molar-refractivity contribution >= 4 is 5.97 Å². The fraction of sp³-hybridized carbons (Fsp3) is 0.581. The average Bonchev–Trinajstić information content (AvgIpc) is 2.94. The molecule has 0 aliphatic carbocycles. The Hall–Kier alpha value is -2.41. The number of allylic oxidation sites excluding steroid dienone is 7. The smallest absolute Gasteiger partial charge is 0.331 e. The molecule has 10 heteroatoms. The molecule has 10 nitrogen and oxygen atoms in total. The van der Waals surface area contributed by atoms with Crippen molar-refractivity contribution in [1.29, 1.82) is 0 Å². The van der Waals surface area contributed by atoms with E-state index < -0.39 is 55.5 Å². The molecule has 1 fully saturated rings. The van der Waals surface area contributed by atoms with Crippen LogP contribution in [0.3, 0.4) is 0 Å². The number of carbonyl (C=O) groups is 1. The molecule has 2 rings (SSSR count). The third-order valence-electron chi connectivity index (χ3n) is 6.67. The number of hydrogen-bond donors (Lipinski definition) is 5. The molecular formula is C31H46O10. The number of ether oxygens (including phenoxy) is 4. The summed E-state index contributed by atoms with van der Waals surface area (Å²) in [6.45, 7) is 1.29. The number of rotatable bonds is 4. The van der Waals surface area contributed by atoms with Gasteiger partial charge in [-0.25, -0.2) is 4.79 Å². The highest BCUT2D eigenvalue weighted by atomic mass is 16.7. The Morgan fingerprint density at radius 1 is 0.878 bits per heavy atom. The lowest BCUT2D eigenvalue weighted by Gasteiger charge is -2.40. The Morgan fingerprint density at radius 2 is 1.56 bits per heavy atom. The van der Waals surface area contributed by atoms with Gasteiger partial charge in [0.25, 0.3) is 0 Å². The zero-order chi connectivity index (χ0) is 30.0. The van der Waals surface area contributed by atoms with Crippen LogP contribution in [-0.2, 0) is 23.7 Å². The van der Waals surface area contributed by atoms with Gasteiger partial charge < -0.3 is 44.5 Å². The van der Waals surface area contributed by atoms with Crippen LogP contribution in [0.25, 0.3) is 0 Å². The van der Waals surface area contributed by atoms with E-state index in [1.807, 2.05) is 37.3 Å². The highest BCUT2D eigenvalue weighted by molar-refractivity contribution is 5.82. The first-order valence-corrected chi connectivity index (χ1v) is 14.1. The predicted octanol–water partition coefficient (Wildman–Crippen LogP) is 2.17. The van der Waals surface area contributed by atoms with Crippen molar-refractivity contribution in [3.05, 3.63) is 72.9 Å². The van der Waals surface area contributed by atoms with Gasteiger partial charge in [0.1, 0.15) is 24.4 Å². The number of hydrogen-bond acceptors (Lipinski definition) is 10. The highest BCUT2D eigenvalue weighted by Crippen LogP contribution is 2.24. The van der Waals surface area contributed by atoms with Crippen LogP contribution >= 0.6 is 0 Å². The number of carbonyl (C=O) groups excluding carboxylic acids is 1. The second-order valence-electron chi connectivity index (χ2n) is 10.1. The van der Waals surface area contributed by atoms with E-state index in [0.717, 1.165) is 19.3 Å². The van der Waals surface area contributed by atoms with E-state index in [-0.39, 0.29) is 12.2 Å². The summed E-state index contributed by atoms with van der Waals surface area (Å²) in [7, 11) is 1.60. The van der Waals surface area contributed by atoms with Gasteiger partial charge >= 0.3 is 5.97 Å². The van der Waals surface area contributed by atoms with Crippen molar-refractivity contribution in [3.8, 4) is 0 Å². The van der Waals surface area contributed by atoms with Gasteiger partial charge in [0.2, 0.25) is 0 Å². The summed E-state index contributed by atoms with van der Waals surface area (Å²) in [6, 6.07) is 0. The predicted molar refractivity (Wildman–Crippen MR) is 154 cm³/mol. The standard InChI is InChI=1S/C31H46O10/c1-22-14-8-4-3-5-10-18-25(38-2)20-23(33)15-9-6-11-16-24(17-12-7-13-19-27(34)39-22)40-31-30(37)29(36)28(35)26(21-32)41-31/h3,5-7,9-13,16,18-19,22-26,28-33,35-37H,4,8,14-15,17,20-21H2,1-2H3/b5-3+,9-6?,12-7?,16-11+,18-10+,19-13?/t22-,23+,24-,25+,26+,28+,29-,30+,31+/m1/s1. The first-order valence-electron chi connectivity index (χ1n) is 14.1. The van der Waals surface area contributed by atoms with Gasteiger partial charge in [-0.2, -0.15) is 0 Å². The van der Waals surface area contributed by atoms with E-state index in [1.54, 1.807) is 43.6 Å². The highest BCUT2D eigenvalue weighted by Gasteiger charge is 2.44. The van der Waals surface area contributed by atoms with Gasteiger partial charge in [0.15, 0.2) is 6.29 Å². The second-order valence-corrected chi connectivity index (χ2v) is 10.1. The Bertz CT molecular complexity index is 922. The summed E-state index contributed by atoms with van der Waals surface area (Å²) in [5.74, 6) is -0.443. The minimum absolute atomic E-state index is 0.223. The molecule has 2 heterocycles. The van der Waals surface area contributed by atoms with E-state index in [9.17, 15) is 30.3 Å². The topological polar surface area (TPSA) is 155 Å². The molecule has 1 saturated heterocycles. The van der Waals surface area contributed by atoms with Crippen molar-refractivity contribution < 1.29 is 49.3 Å². The molecule has 41 heavy (non-hydrogen) atoms. The lowest BCUT2D eigenvalue weighted by molar-refractivity contribution is -0.307. The van der Waals surface area contributed by atoms with E-state index in [2.05, 4.69) is 0 Å². The SMILES string of the molecule is CO[C@H]1/C=C/C=C/CCC[C@@H](C)OC(=O)C=CC=CC[C@H](O[C@H]2O[C@@H](CO)[C@H](O)[C@@H](O)[C@@H]2O)/C=C/C=CC[C@H](O)C1. The Balaban J connectivity index is 2.14. The molecule has 0 aromatic heterocycles. The molecule has 0 bridgehead atoms. The minimum Gasteiger partial charge on any atom is -0.460 e. The summed E-state index contributed by atoms with van der Waals surface area (Å²) in [5.41, 5.74) is 0. The average molecular weight is 579 g/mol. The Morgan fingerprint density at radius 3 is 2.29 bits per heavy atom. The maximum Gasteiger partial charge on any atom is 0.331 e. The first-order chi connectivity index (χ1) is 19.7. The number of esters is 1. The van der Waals surface area contributed by atoms with Crippen molar-refractivity contribution in [2.24, 2.45) is 0 Å². The van der Waals surface area contributed by atoms with E-state index in [0.29, 0.717) is 19.3 Å². The van der Waals surface area contributed by atoms with Crippen LogP contribution in [0.2, 0.25) is 0 Å². The summed E-state index contributed by atoms with van der Waals surface area (Å²) in [6.07, 6.45) is 16.0. The van der Waals surface area contributed by atoms with Crippen LogP contribution in [0.1, 0.15) is 45.4 Å². The molecular weight excluding hydrogens is 532 g/mol. The van der Waals surface area contributed by atoms with Gasteiger partial charge in [0.05, 0.1) is 31.0 Å². The Labute approximate surface area is 242 Å². The maximum absolute atomic E-state index is 12.1. The fourth-order valence-corrected chi connectivity index (χ4v) is 4.26. The number of cyclic esters (lactones) is 1. The normalized spacial score (nSPS) is 37.5. The molecule has 230 valence electrons. The van der Waals surface area contributed by atoms with Crippen molar-refractivity contribution in [3.63, 3.8) is 0 Å². The molecule has 2 aliphatic heterocycles. The molecule has 0 amide bonds. The van der Waals surface area contributed by atoms with Gasteiger partial charge in [-0.1, -0.05) is 66.8 Å². The van der Waals surface area contributed by atoms with Crippen LogP contribution in [-0.4, -0.2) is 100 Å². The third kappa shape index (κ3) is 13.4. The van der Waals surface area contributed by atoms with Crippen LogP contribution in [0.4, 0.5) is 0 Å². The maximum atomic E-state index is 12.1. The van der Waals surface area contributed by atoms with Crippen LogP contribution in [0, 0.1) is 0 Å². The monoisotopic (exact) mass is 578 g/mol. The number of aliphatic hydroxyl groups is 5. The largest absolute Gasteiger partial charge is 0.460 e. The molecule has 0 saturated carbocycles. The van der Waals surface area contributed by atoms with Crippen LogP contribution < -0.4 is 0 Å². The van der Waals surface area contributed by atoms with Gasteiger partial charge in [-0.05, 0) is 39.0 Å². The zero-order valence-corrected chi connectivity index (χ0v) is 23.9. The van der Waals surface area contributed by atoms with Crippen LogP contribution in [0.15, 0.2) is 72.9 Å². The molecule has 2 aliphatic rings. The summed E-state index contributed by atoms with van der Waals surface area (Å²) < 4.78 is 22.2. The van der Waals surface area contributed by atoms with E-state index in [1.165, 1.54) is 6.08 Å². The Kier molecular flexibility index (Phi) is 16.7. The van der Waals surface area contributed by atoms with Gasteiger partial charge in [-0.15, -0.1) is 0 Å². The minimum atomic E-state index is -1.56. The summed E-state index contributed by atoms with van der Waals surface area (Å²) in [4.78, 5) is 12.1. The molecule has 0 radical (unpaired) electrons. The van der Waals surface area contributed by atoms with Crippen molar-refractivity contribution in [2.75, 3.05) is 13.7 Å².